The Labute approximate surface area is 109 Å². The fourth-order valence-corrected chi connectivity index (χ4v) is 2.38. The standard InChI is InChI=1S/C14H12N2O3/c1-8-12(13(14(17)18)15-19-8)10-7-16(2)11-6-4-3-5-9(10)11/h3-7H,1-2H3,(H,17,18). The van der Waals surface area contributed by atoms with Crippen LogP contribution in [-0.2, 0) is 7.05 Å². The number of aromatic carboxylic acids is 1. The van der Waals surface area contributed by atoms with Crippen molar-refractivity contribution in [3.63, 3.8) is 0 Å². The van der Waals surface area contributed by atoms with Crippen LogP contribution in [0.25, 0.3) is 22.0 Å². The first-order chi connectivity index (χ1) is 9.09. The van der Waals surface area contributed by atoms with Gasteiger partial charge in [-0.1, -0.05) is 23.4 Å². The summed E-state index contributed by atoms with van der Waals surface area (Å²) in [5.41, 5.74) is 2.36. The predicted molar refractivity (Wildman–Crippen MR) is 70.1 cm³/mol. The van der Waals surface area contributed by atoms with Crippen molar-refractivity contribution in [3.05, 3.63) is 41.9 Å². The second-order valence-corrected chi connectivity index (χ2v) is 4.44. The number of hydrogen-bond donors (Lipinski definition) is 1. The van der Waals surface area contributed by atoms with Crippen LogP contribution in [0.1, 0.15) is 16.2 Å². The summed E-state index contributed by atoms with van der Waals surface area (Å²) in [5, 5.41) is 13.8. The van der Waals surface area contributed by atoms with Gasteiger partial charge in [-0.25, -0.2) is 4.79 Å². The van der Waals surface area contributed by atoms with Gasteiger partial charge in [-0.3, -0.25) is 0 Å². The van der Waals surface area contributed by atoms with Crippen molar-refractivity contribution < 1.29 is 14.4 Å². The van der Waals surface area contributed by atoms with Crippen LogP contribution in [0.15, 0.2) is 35.0 Å². The number of nitrogens with zero attached hydrogens (tertiary/aromatic N) is 2. The van der Waals surface area contributed by atoms with Crippen molar-refractivity contribution in [3.8, 4) is 11.1 Å². The molecule has 1 aromatic carbocycles. The first kappa shape index (κ1) is 11.5. The molecule has 0 fully saturated rings. The van der Waals surface area contributed by atoms with E-state index < -0.39 is 5.97 Å². The Balaban J connectivity index is 2.37. The van der Waals surface area contributed by atoms with Crippen LogP contribution in [-0.4, -0.2) is 20.8 Å². The number of rotatable bonds is 2. The smallest absolute Gasteiger partial charge is 0.358 e. The average Bonchev–Trinajstić information content (AvgIpc) is 2.91. The molecular weight excluding hydrogens is 244 g/mol. The molecule has 96 valence electrons. The lowest BCUT2D eigenvalue weighted by Crippen LogP contribution is -1.98. The zero-order valence-electron chi connectivity index (χ0n) is 10.5. The van der Waals surface area contributed by atoms with Crippen LogP contribution >= 0.6 is 0 Å². The molecule has 0 atom stereocenters. The molecule has 2 heterocycles. The second-order valence-electron chi connectivity index (χ2n) is 4.44. The summed E-state index contributed by atoms with van der Waals surface area (Å²) < 4.78 is 6.99. The number of carboxylic acid groups (broad SMARTS) is 1. The quantitative estimate of drug-likeness (QED) is 0.765. The van der Waals surface area contributed by atoms with Crippen LogP contribution in [0.5, 0.6) is 0 Å². The monoisotopic (exact) mass is 256 g/mol. The summed E-state index contributed by atoms with van der Waals surface area (Å²) in [6.07, 6.45) is 1.90. The maximum Gasteiger partial charge on any atom is 0.358 e. The van der Waals surface area contributed by atoms with E-state index in [1.165, 1.54) is 0 Å². The van der Waals surface area contributed by atoms with E-state index in [1.54, 1.807) is 6.92 Å². The molecule has 0 spiro atoms. The first-order valence-electron chi connectivity index (χ1n) is 5.83. The van der Waals surface area contributed by atoms with Gasteiger partial charge >= 0.3 is 5.97 Å². The van der Waals surface area contributed by atoms with Crippen LogP contribution in [0.3, 0.4) is 0 Å². The second kappa shape index (κ2) is 3.98. The molecule has 5 heteroatoms. The molecule has 0 saturated heterocycles. The number of fused-ring (bicyclic) bond motifs is 1. The molecule has 0 unspecified atom stereocenters. The fraction of sp³-hybridized carbons (Fsp3) is 0.143. The van der Waals surface area contributed by atoms with E-state index in [2.05, 4.69) is 5.16 Å². The fourth-order valence-electron chi connectivity index (χ4n) is 2.38. The van der Waals surface area contributed by atoms with E-state index in [9.17, 15) is 9.90 Å². The molecule has 0 saturated carbocycles. The van der Waals surface area contributed by atoms with E-state index in [-0.39, 0.29) is 5.69 Å². The zero-order valence-corrected chi connectivity index (χ0v) is 10.5. The SMILES string of the molecule is Cc1onc(C(=O)O)c1-c1cn(C)c2ccccc12. The molecule has 0 aliphatic heterocycles. The van der Waals surface area contributed by atoms with Crippen molar-refractivity contribution in [2.45, 2.75) is 6.92 Å². The highest BCUT2D eigenvalue weighted by atomic mass is 16.5. The maximum atomic E-state index is 11.2. The summed E-state index contributed by atoms with van der Waals surface area (Å²) in [4.78, 5) is 11.2. The van der Waals surface area contributed by atoms with Crippen LogP contribution in [0.4, 0.5) is 0 Å². The van der Waals surface area contributed by atoms with Crippen molar-refractivity contribution in [1.82, 2.24) is 9.72 Å². The molecule has 5 nitrogen and oxygen atoms in total. The van der Waals surface area contributed by atoms with Crippen molar-refractivity contribution in [2.75, 3.05) is 0 Å². The van der Waals surface area contributed by atoms with E-state index in [0.29, 0.717) is 11.3 Å². The largest absolute Gasteiger partial charge is 0.476 e. The van der Waals surface area contributed by atoms with Crippen molar-refractivity contribution in [2.24, 2.45) is 7.05 Å². The predicted octanol–water partition coefficient (Wildman–Crippen LogP) is 2.84. The number of aromatic nitrogens is 2. The molecule has 0 radical (unpaired) electrons. The van der Waals surface area contributed by atoms with Gasteiger partial charge in [0.1, 0.15) is 5.76 Å². The summed E-state index contributed by atoms with van der Waals surface area (Å²) in [5.74, 6) is -0.575. The molecule has 1 N–H and O–H groups in total. The van der Waals surface area contributed by atoms with E-state index in [1.807, 2.05) is 42.1 Å². The number of para-hydroxylation sites is 1. The van der Waals surface area contributed by atoms with Gasteiger partial charge in [0.15, 0.2) is 5.69 Å². The Hall–Kier alpha value is -2.56. The maximum absolute atomic E-state index is 11.2. The summed E-state index contributed by atoms with van der Waals surface area (Å²) in [7, 11) is 1.93. The third-order valence-corrected chi connectivity index (χ3v) is 3.23. The molecule has 3 aromatic rings. The highest BCUT2D eigenvalue weighted by Crippen LogP contribution is 2.34. The Morgan fingerprint density at radius 3 is 2.84 bits per heavy atom. The van der Waals surface area contributed by atoms with Gasteiger partial charge in [0, 0.05) is 29.7 Å². The average molecular weight is 256 g/mol. The van der Waals surface area contributed by atoms with Crippen LogP contribution < -0.4 is 0 Å². The first-order valence-corrected chi connectivity index (χ1v) is 5.83. The van der Waals surface area contributed by atoms with Gasteiger partial charge in [-0.05, 0) is 13.0 Å². The van der Waals surface area contributed by atoms with Gasteiger partial charge in [-0.2, -0.15) is 0 Å². The Kier molecular flexibility index (Phi) is 2.41. The Bertz CT molecular complexity index is 783. The molecule has 19 heavy (non-hydrogen) atoms. The highest BCUT2D eigenvalue weighted by molar-refractivity contribution is 6.02. The van der Waals surface area contributed by atoms with Crippen LogP contribution in [0.2, 0.25) is 0 Å². The lowest BCUT2D eigenvalue weighted by atomic mass is 10.0. The number of carbonyl (C=O) groups is 1. The van der Waals surface area contributed by atoms with Crippen molar-refractivity contribution >= 4 is 16.9 Å². The van der Waals surface area contributed by atoms with Gasteiger partial charge in [0.2, 0.25) is 0 Å². The van der Waals surface area contributed by atoms with Gasteiger partial charge in [0.25, 0.3) is 0 Å². The molecule has 3 rings (SSSR count). The lowest BCUT2D eigenvalue weighted by Gasteiger charge is -1.97. The van der Waals surface area contributed by atoms with Gasteiger partial charge in [0.05, 0.1) is 5.56 Å². The highest BCUT2D eigenvalue weighted by Gasteiger charge is 2.23. The lowest BCUT2D eigenvalue weighted by molar-refractivity contribution is 0.0686. The molecular formula is C14H12N2O3. The topological polar surface area (TPSA) is 68.3 Å². The van der Waals surface area contributed by atoms with Crippen molar-refractivity contribution in [1.29, 1.82) is 0 Å². The Morgan fingerprint density at radius 2 is 2.11 bits per heavy atom. The van der Waals surface area contributed by atoms with Gasteiger partial charge in [-0.15, -0.1) is 0 Å². The minimum atomic E-state index is -1.08. The molecule has 0 amide bonds. The summed E-state index contributed by atoms with van der Waals surface area (Å²) >= 11 is 0. The van der Waals surface area contributed by atoms with Gasteiger partial charge < -0.3 is 14.2 Å². The summed E-state index contributed by atoms with van der Waals surface area (Å²) in [6, 6.07) is 7.82. The normalized spacial score (nSPS) is 11.1. The molecule has 2 aromatic heterocycles. The summed E-state index contributed by atoms with van der Waals surface area (Å²) in [6.45, 7) is 1.72. The Morgan fingerprint density at radius 1 is 1.37 bits per heavy atom. The number of hydrogen-bond acceptors (Lipinski definition) is 3. The number of benzene rings is 1. The molecule has 0 aliphatic rings. The van der Waals surface area contributed by atoms with Crippen LogP contribution in [0, 0.1) is 6.92 Å². The number of carboxylic acids is 1. The number of aryl methyl sites for hydroxylation is 2. The molecule has 0 bridgehead atoms. The molecule has 0 aliphatic carbocycles. The van der Waals surface area contributed by atoms with E-state index in [0.717, 1.165) is 16.5 Å². The third-order valence-electron chi connectivity index (χ3n) is 3.23. The minimum absolute atomic E-state index is 0.0474. The van der Waals surface area contributed by atoms with E-state index in [4.69, 9.17) is 4.52 Å². The zero-order chi connectivity index (χ0) is 13.6. The van der Waals surface area contributed by atoms with E-state index >= 15 is 0 Å². The third kappa shape index (κ3) is 1.62. The minimum Gasteiger partial charge on any atom is -0.476 e.